The second kappa shape index (κ2) is 10.8. The molecule has 2 rings (SSSR count). The van der Waals surface area contributed by atoms with E-state index in [-0.39, 0.29) is 29.7 Å². The van der Waals surface area contributed by atoms with E-state index in [2.05, 4.69) is 20.6 Å². The molecule has 1 aliphatic rings. The number of hydrogen-bond donors (Lipinski definition) is 2. The van der Waals surface area contributed by atoms with Gasteiger partial charge in [-0.3, -0.25) is 4.99 Å². The van der Waals surface area contributed by atoms with E-state index in [1.165, 1.54) is 4.31 Å². The first-order valence-corrected chi connectivity index (χ1v) is 10.7. The summed E-state index contributed by atoms with van der Waals surface area (Å²) in [6.07, 6.45) is -3.45. The van der Waals surface area contributed by atoms with Crippen LogP contribution >= 0.6 is 35.3 Å². The van der Waals surface area contributed by atoms with Gasteiger partial charge in [-0.15, -0.1) is 35.3 Å². The Morgan fingerprint density at radius 3 is 2.70 bits per heavy atom. The lowest BCUT2D eigenvalue weighted by atomic mass is 10.4. The highest BCUT2D eigenvalue weighted by Crippen LogP contribution is 2.29. The van der Waals surface area contributed by atoms with Gasteiger partial charge in [0.15, 0.2) is 11.7 Å². The van der Waals surface area contributed by atoms with Crippen molar-refractivity contribution >= 4 is 51.3 Å². The van der Waals surface area contributed by atoms with E-state index in [0.29, 0.717) is 56.5 Å². The number of nitrogens with zero attached hydrogens (tertiary/aromatic N) is 3. The minimum Gasteiger partial charge on any atom is -0.357 e. The maximum atomic E-state index is 12.5. The first-order chi connectivity index (χ1) is 12.2. The summed E-state index contributed by atoms with van der Waals surface area (Å²) in [5.74, 6) is 0.680. The van der Waals surface area contributed by atoms with E-state index < -0.39 is 21.9 Å². The van der Waals surface area contributed by atoms with Crippen LogP contribution in [-0.2, 0) is 22.6 Å². The smallest absolute Gasteiger partial charge is 0.357 e. The van der Waals surface area contributed by atoms with Gasteiger partial charge >= 0.3 is 6.18 Å². The Hall–Kier alpha value is -0.670. The summed E-state index contributed by atoms with van der Waals surface area (Å²) >= 11 is 0.971. The SMILES string of the molecule is CCNC(=NCCN1CCCS1(=O)=O)NCCc1nc(C(F)(F)F)cs1.I. The van der Waals surface area contributed by atoms with Gasteiger partial charge in [0, 0.05) is 38.0 Å². The molecule has 1 aromatic rings. The third kappa shape index (κ3) is 7.69. The summed E-state index contributed by atoms with van der Waals surface area (Å²) in [5.41, 5.74) is -0.870. The zero-order valence-electron chi connectivity index (χ0n) is 14.8. The maximum absolute atomic E-state index is 12.5. The third-order valence-corrected chi connectivity index (χ3v) is 6.51. The molecule has 0 aliphatic carbocycles. The average Bonchev–Trinajstić information content (AvgIpc) is 3.14. The minimum absolute atomic E-state index is 0. The quantitative estimate of drug-likeness (QED) is 0.313. The summed E-state index contributed by atoms with van der Waals surface area (Å²) in [5, 5.41) is 7.44. The highest BCUT2D eigenvalue weighted by atomic mass is 127. The number of aromatic nitrogens is 1. The van der Waals surface area contributed by atoms with E-state index in [9.17, 15) is 21.6 Å². The first-order valence-electron chi connectivity index (χ1n) is 8.24. The Balaban J connectivity index is 0.00000364. The van der Waals surface area contributed by atoms with Gasteiger partial charge < -0.3 is 10.6 Å². The Morgan fingerprint density at radius 2 is 2.15 bits per heavy atom. The molecule has 1 aromatic heterocycles. The molecule has 0 amide bonds. The van der Waals surface area contributed by atoms with Crippen molar-refractivity contribution in [2.45, 2.75) is 25.9 Å². The van der Waals surface area contributed by atoms with Crippen molar-refractivity contribution in [3.63, 3.8) is 0 Å². The standard InChI is InChI=1S/C14H22F3N5O2S2.HI/c1-2-18-13(20-6-8-22-7-3-9-26(22,23)24)19-5-4-12-21-11(10-25-12)14(15,16)17;/h10H,2-9H2,1H3,(H2,18,19,20);1H. The van der Waals surface area contributed by atoms with Crippen LogP contribution in [-0.4, -0.2) is 62.1 Å². The summed E-state index contributed by atoms with van der Waals surface area (Å²) in [4.78, 5) is 7.88. The molecular weight excluding hydrogens is 518 g/mol. The predicted molar refractivity (Wildman–Crippen MR) is 110 cm³/mol. The summed E-state index contributed by atoms with van der Waals surface area (Å²) in [6, 6.07) is 0. The van der Waals surface area contributed by atoms with E-state index in [0.717, 1.165) is 16.7 Å². The summed E-state index contributed by atoms with van der Waals surface area (Å²) in [7, 11) is -3.14. The fraction of sp³-hybridized carbons (Fsp3) is 0.714. The number of aliphatic imine (C=N–C) groups is 1. The molecule has 0 aromatic carbocycles. The average molecular weight is 541 g/mol. The molecule has 7 nitrogen and oxygen atoms in total. The van der Waals surface area contributed by atoms with Crippen LogP contribution in [0, 0.1) is 0 Å². The Bertz CT molecular complexity index is 725. The van der Waals surface area contributed by atoms with Crippen molar-refractivity contribution in [3.05, 3.63) is 16.1 Å². The van der Waals surface area contributed by atoms with Gasteiger partial charge in [-0.05, 0) is 13.3 Å². The second-order valence-electron chi connectivity index (χ2n) is 5.63. The van der Waals surface area contributed by atoms with Gasteiger partial charge in [-0.2, -0.15) is 13.2 Å². The van der Waals surface area contributed by atoms with Gasteiger partial charge in [0.05, 0.1) is 17.3 Å². The molecule has 2 N–H and O–H groups in total. The predicted octanol–water partition coefficient (Wildman–Crippen LogP) is 1.91. The molecule has 0 bridgehead atoms. The number of guanidine groups is 1. The van der Waals surface area contributed by atoms with Crippen molar-refractivity contribution in [2.75, 3.05) is 38.5 Å². The minimum atomic E-state index is -4.42. The third-order valence-electron chi connectivity index (χ3n) is 3.64. The van der Waals surface area contributed by atoms with Crippen molar-refractivity contribution in [1.29, 1.82) is 0 Å². The highest BCUT2D eigenvalue weighted by Gasteiger charge is 2.33. The zero-order valence-corrected chi connectivity index (χ0v) is 18.7. The molecule has 2 heterocycles. The number of thiazole rings is 1. The van der Waals surface area contributed by atoms with Gasteiger partial charge in [0.1, 0.15) is 0 Å². The first kappa shape index (κ1) is 24.4. The van der Waals surface area contributed by atoms with Gasteiger partial charge in [0.2, 0.25) is 10.0 Å². The van der Waals surface area contributed by atoms with Crippen LogP contribution in [0.15, 0.2) is 10.4 Å². The fourth-order valence-corrected chi connectivity index (χ4v) is 4.73. The molecule has 0 spiro atoms. The molecule has 1 aliphatic heterocycles. The molecule has 1 fully saturated rings. The van der Waals surface area contributed by atoms with Gasteiger partial charge in [-0.25, -0.2) is 17.7 Å². The number of halogens is 4. The van der Waals surface area contributed by atoms with Crippen LogP contribution in [0.5, 0.6) is 0 Å². The normalized spacial score (nSPS) is 17.6. The van der Waals surface area contributed by atoms with Crippen LogP contribution in [0.2, 0.25) is 0 Å². The number of rotatable bonds is 7. The molecule has 0 saturated carbocycles. The lowest BCUT2D eigenvalue weighted by Gasteiger charge is -2.14. The van der Waals surface area contributed by atoms with Crippen LogP contribution in [0.3, 0.4) is 0 Å². The molecular formula is C14H23F3IN5O2S2. The fourth-order valence-electron chi connectivity index (χ4n) is 2.40. The summed E-state index contributed by atoms with van der Waals surface area (Å²) < 4.78 is 62.5. The zero-order chi connectivity index (χ0) is 19.2. The number of hydrogen-bond acceptors (Lipinski definition) is 5. The van der Waals surface area contributed by atoms with Crippen molar-refractivity contribution < 1.29 is 21.6 Å². The Kier molecular flexibility index (Phi) is 9.71. The Labute approximate surface area is 177 Å². The molecule has 0 unspecified atom stereocenters. The molecule has 1 saturated heterocycles. The van der Waals surface area contributed by atoms with Crippen molar-refractivity contribution in [3.8, 4) is 0 Å². The number of alkyl halides is 3. The van der Waals surface area contributed by atoms with Gasteiger partial charge in [-0.1, -0.05) is 0 Å². The number of nitrogens with one attached hydrogen (secondary N) is 2. The van der Waals surface area contributed by atoms with E-state index in [1.54, 1.807) is 0 Å². The lowest BCUT2D eigenvalue weighted by molar-refractivity contribution is -0.140. The van der Waals surface area contributed by atoms with E-state index >= 15 is 0 Å². The molecule has 27 heavy (non-hydrogen) atoms. The monoisotopic (exact) mass is 541 g/mol. The lowest BCUT2D eigenvalue weighted by Crippen LogP contribution is -2.39. The van der Waals surface area contributed by atoms with Gasteiger partial charge in [0.25, 0.3) is 0 Å². The van der Waals surface area contributed by atoms with E-state index in [4.69, 9.17) is 0 Å². The molecule has 156 valence electrons. The van der Waals surface area contributed by atoms with Crippen LogP contribution in [0.25, 0.3) is 0 Å². The molecule has 13 heteroatoms. The van der Waals surface area contributed by atoms with Crippen LogP contribution in [0.1, 0.15) is 24.0 Å². The topological polar surface area (TPSA) is 86.7 Å². The highest BCUT2D eigenvalue weighted by molar-refractivity contribution is 14.0. The van der Waals surface area contributed by atoms with E-state index in [1.807, 2.05) is 6.92 Å². The summed E-state index contributed by atoms with van der Waals surface area (Å²) in [6.45, 7) is 4.03. The van der Waals surface area contributed by atoms with Crippen molar-refractivity contribution in [1.82, 2.24) is 19.9 Å². The second-order valence-corrected chi connectivity index (χ2v) is 8.66. The maximum Gasteiger partial charge on any atom is 0.434 e. The molecule has 0 radical (unpaired) electrons. The number of sulfonamides is 1. The van der Waals surface area contributed by atoms with Crippen LogP contribution in [0.4, 0.5) is 13.2 Å². The largest absolute Gasteiger partial charge is 0.434 e. The Morgan fingerprint density at radius 1 is 1.41 bits per heavy atom. The molecule has 0 atom stereocenters. The van der Waals surface area contributed by atoms with Crippen molar-refractivity contribution in [2.24, 2.45) is 4.99 Å². The van der Waals surface area contributed by atoms with Crippen LogP contribution < -0.4 is 10.6 Å².